The molecule has 4 aromatic rings. The van der Waals surface area contributed by atoms with Crippen LogP contribution >= 0.6 is 0 Å². The minimum Gasteiger partial charge on any atom is -0.473 e. The molecule has 0 bridgehead atoms. The third-order valence-electron chi connectivity index (χ3n) is 5.23. The molecule has 29 heavy (non-hydrogen) atoms. The number of nitrogens with one attached hydrogen (secondary N) is 2. The first-order chi connectivity index (χ1) is 14.3. The Kier molecular flexibility index (Phi) is 4.44. The predicted octanol–water partition coefficient (Wildman–Crippen LogP) is 3.57. The van der Waals surface area contributed by atoms with Crippen LogP contribution in [-0.4, -0.2) is 36.7 Å². The molecule has 0 saturated carbocycles. The van der Waals surface area contributed by atoms with Crippen molar-refractivity contribution in [3.8, 4) is 28.3 Å². The standard InChI is InChI=1S/C21H21N7O/c22-14-3-1-2-4-15(9-14)29-20-8-7-19(26-27-20)17-6-5-16(13-10-23-24-11-13)21-18(17)12-25-28-21/h3,5-8,10-12,15H,1-2,4,9,22H2,(H,23,24)(H,25,28)/t15-/m0/s1. The van der Waals surface area contributed by atoms with Gasteiger partial charge in [-0.1, -0.05) is 18.2 Å². The van der Waals surface area contributed by atoms with Gasteiger partial charge >= 0.3 is 0 Å². The third kappa shape index (κ3) is 3.44. The first-order valence-electron chi connectivity index (χ1n) is 9.68. The molecule has 3 heterocycles. The quantitative estimate of drug-likeness (QED) is 0.492. The average molecular weight is 387 g/mol. The van der Waals surface area contributed by atoms with Crippen molar-refractivity contribution in [3.05, 3.63) is 54.6 Å². The summed E-state index contributed by atoms with van der Waals surface area (Å²) in [4.78, 5) is 0. The number of aromatic amines is 2. The minimum absolute atomic E-state index is 0.0451. The number of nitrogens with two attached hydrogens (primary N) is 1. The van der Waals surface area contributed by atoms with Crippen LogP contribution in [0.25, 0.3) is 33.3 Å². The van der Waals surface area contributed by atoms with Crippen LogP contribution in [0, 0.1) is 0 Å². The Morgan fingerprint density at radius 3 is 2.79 bits per heavy atom. The highest BCUT2D eigenvalue weighted by molar-refractivity contribution is 6.01. The van der Waals surface area contributed by atoms with E-state index < -0.39 is 0 Å². The molecule has 0 radical (unpaired) electrons. The maximum absolute atomic E-state index is 6.01. The first kappa shape index (κ1) is 17.4. The number of aromatic nitrogens is 6. The fraction of sp³-hybridized carbons (Fsp3) is 0.238. The summed E-state index contributed by atoms with van der Waals surface area (Å²) < 4.78 is 6.01. The van der Waals surface area contributed by atoms with Gasteiger partial charge in [0, 0.05) is 46.5 Å². The van der Waals surface area contributed by atoms with Crippen LogP contribution in [0.5, 0.6) is 5.88 Å². The number of H-pyrrole nitrogens is 2. The summed E-state index contributed by atoms with van der Waals surface area (Å²) in [5.41, 5.74) is 11.6. The van der Waals surface area contributed by atoms with E-state index in [9.17, 15) is 0 Å². The Bertz CT molecular complexity index is 1150. The molecule has 0 fully saturated rings. The molecule has 0 amide bonds. The van der Waals surface area contributed by atoms with Crippen molar-refractivity contribution in [1.29, 1.82) is 0 Å². The van der Waals surface area contributed by atoms with Gasteiger partial charge in [-0.25, -0.2) is 0 Å². The van der Waals surface area contributed by atoms with Crippen molar-refractivity contribution >= 4 is 10.9 Å². The zero-order chi connectivity index (χ0) is 19.6. The number of benzene rings is 1. The van der Waals surface area contributed by atoms with Crippen LogP contribution < -0.4 is 10.5 Å². The topological polar surface area (TPSA) is 118 Å². The van der Waals surface area contributed by atoms with Gasteiger partial charge in [0.1, 0.15) is 6.10 Å². The average Bonchev–Trinajstić information content (AvgIpc) is 3.40. The lowest BCUT2D eigenvalue weighted by Crippen LogP contribution is -2.19. The molecular weight excluding hydrogens is 366 g/mol. The van der Waals surface area contributed by atoms with Gasteiger partial charge in [0.2, 0.25) is 5.88 Å². The molecule has 146 valence electrons. The van der Waals surface area contributed by atoms with Crippen LogP contribution in [0.3, 0.4) is 0 Å². The van der Waals surface area contributed by atoms with Gasteiger partial charge in [0.15, 0.2) is 0 Å². The Labute approximate surface area is 167 Å². The molecule has 8 heteroatoms. The van der Waals surface area contributed by atoms with Gasteiger partial charge in [-0.3, -0.25) is 10.2 Å². The van der Waals surface area contributed by atoms with Crippen molar-refractivity contribution in [2.75, 3.05) is 0 Å². The molecule has 8 nitrogen and oxygen atoms in total. The smallest absolute Gasteiger partial charge is 0.233 e. The number of rotatable bonds is 4. The lowest BCUT2D eigenvalue weighted by molar-refractivity contribution is 0.181. The van der Waals surface area contributed by atoms with E-state index >= 15 is 0 Å². The number of hydrogen-bond donors (Lipinski definition) is 3. The van der Waals surface area contributed by atoms with Crippen molar-refractivity contribution in [2.45, 2.75) is 31.8 Å². The second kappa shape index (κ2) is 7.38. The Hall–Kier alpha value is -3.68. The Morgan fingerprint density at radius 1 is 1.03 bits per heavy atom. The Balaban J connectivity index is 1.42. The molecule has 4 N–H and O–H groups in total. The summed E-state index contributed by atoms with van der Waals surface area (Å²) in [6, 6.07) is 7.86. The highest BCUT2D eigenvalue weighted by atomic mass is 16.5. The number of ether oxygens (including phenoxy) is 1. The SMILES string of the molecule is NC1=CCCC[C@H](Oc2ccc(-c3ccc(-c4cn[nH]c4)c4[nH]ncc34)nn2)C1. The van der Waals surface area contributed by atoms with E-state index in [1.54, 1.807) is 12.4 Å². The highest BCUT2D eigenvalue weighted by Gasteiger charge is 2.16. The first-order valence-corrected chi connectivity index (χ1v) is 9.68. The van der Waals surface area contributed by atoms with E-state index in [0.29, 0.717) is 5.88 Å². The molecule has 0 aliphatic heterocycles. The third-order valence-corrected chi connectivity index (χ3v) is 5.23. The van der Waals surface area contributed by atoms with Gasteiger partial charge in [0.05, 0.1) is 23.6 Å². The summed E-state index contributed by atoms with van der Waals surface area (Å²) in [7, 11) is 0. The molecule has 1 aliphatic carbocycles. The van der Waals surface area contributed by atoms with Crippen LogP contribution in [0.1, 0.15) is 25.7 Å². The molecule has 1 atom stereocenters. The lowest BCUT2D eigenvalue weighted by atomic mass is 10.0. The van der Waals surface area contributed by atoms with Gasteiger partial charge in [0.25, 0.3) is 0 Å². The van der Waals surface area contributed by atoms with E-state index in [0.717, 1.165) is 64.7 Å². The second-order valence-corrected chi connectivity index (χ2v) is 7.22. The molecule has 3 aromatic heterocycles. The van der Waals surface area contributed by atoms with Gasteiger partial charge in [-0.05, 0) is 25.3 Å². The predicted molar refractivity (Wildman–Crippen MR) is 110 cm³/mol. The largest absolute Gasteiger partial charge is 0.473 e. The fourth-order valence-electron chi connectivity index (χ4n) is 3.78. The molecular formula is C21H21N7O. The van der Waals surface area contributed by atoms with Crippen molar-refractivity contribution in [1.82, 2.24) is 30.6 Å². The fourth-order valence-corrected chi connectivity index (χ4v) is 3.78. The van der Waals surface area contributed by atoms with Gasteiger partial charge < -0.3 is 10.5 Å². The number of allylic oxidation sites excluding steroid dienone is 1. The van der Waals surface area contributed by atoms with Gasteiger partial charge in [-0.2, -0.15) is 10.2 Å². The van der Waals surface area contributed by atoms with E-state index in [1.165, 1.54) is 0 Å². The second-order valence-electron chi connectivity index (χ2n) is 7.22. The molecule has 0 unspecified atom stereocenters. The summed E-state index contributed by atoms with van der Waals surface area (Å²) in [6.07, 6.45) is 11.4. The minimum atomic E-state index is 0.0451. The molecule has 1 aromatic carbocycles. The summed E-state index contributed by atoms with van der Waals surface area (Å²) in [6.45, 7) is 0. The van der Waals surface area contributed by atoms with Crippen LogP contribution in [0.15, 0.2) is 54.6 Å². The number of fused-ring (bicyclic) bond motifs is 1. The summed E-state index contributed by atoms with van der Waals surface area (Å²) in [5.74, 6) is 0.520. The van der Waals surface area contributed by atoms with Crippen LogP contribution in [0.4, 0.5) is 0 Å². The van der Waals surface area contributed by atoms with E-state index in [4.69, 9.17) is 10.5 Å². The zero-order valence-electron chi connectivity index (χ0n) is 15.8. The van der Waals surface area contributed by atoms with Crippen LogP contribution in [0.2, 0.25) is 0 Å². The molecule has 5 rings (SSSR count). The zero-order valence-corrected chi connectivity index (χ0v) is 15.8. The van der Waals surface area contributed by atoms with Crippen molar-refractivity contribution in [3.63, 3.8) is 0 Å². The summed E-state index contributed by atoms with van der Waals surface area (Å²) in [5, 5.41) is 23.8. The van der Waals surface area contributed by atoms with E-state index in [-0.39, 0.29) is 6.10 Å². The summed E-state index contributed by atoms with van der Waals surface area (Å²) >= 11 is 0. The van der Waals surface area contributed by atoms with E-state index in [2.05, 4.69) is 36.7 Å². The maximum Gasteiger partial charge on any atom is 0.233 e. The van der Waals surface area contributed by atoms with Crippen molar-refractivity contribution in [2.24, 2.45) is 5.73 Å². The monoisotopic (exact) mass is 387 g/mol. The molecule has 0 spiro atoms. The number of nitrogens with zero attached hydrogens (tertiary/aromatic N) is 4. The maximum atomic E-state index is 6.01. The van der Waals surface area contributed by atoms with E-state index in [1.807, 2.05) is 30.5 Å². The van der Waals surface area contributed by atoms with Crippen LogP contribution in [-0.2, 0) is 0 Å². The normalized spacial score (nSPS) is 17.1. The lowest BCUT2D eigenvalue weighted by Gasteiger charge is -2.16. The Morgan fingerprint density at radius 2 is 1.97 bits per heavy atom. The highest BCUT2D eigenvalue weighted by Crippen LogP contribution is 2.33. The molecule has 1 aliphatic rings. The molecule has 0 saturated heterocycles. The van der Waals surface area contributed by atoms with Crippen molar-refractivity contribution < 1.29 is 4.74 Å². The van der Waals surface area contributed by atoms with Gasteiger partial charge in [-0.15, -0.1) is 10.2 Å². The number of hydrogen-bond acceptors (Lipinski definition) is 6.